The minimum atomic E-state index is -0.615. The van der Waals surface area contributed by atoms with Crippen molar-refractivity contribution in [2.75, 3.05) is 33.0 Å². The maximum Gasteiger partial charge on any atom is 0.267 e. The molecular formula is C28H31N5O3. The molecule has 2 atom stereocenters. The van der Waals surface area contributed by atoms with Crippen molar-refractivity contribution < 1.29 is 9.53 Å². The maximum atomic E-state index is 13.9. The number of rotatable bonds is 5. The second-order valence-corrected chi connectivity index (χ2v) is 9.90. The predicted molar refractivity (Wildman–Crippen MR) is 135 cm³/mol. The van der Waals surface area contributed by atoms with Crippen LogP contribution < -0.4 is 5.56 Å². The predicted octanol–water partition coefficient (Wildman–Crippen LogP) is 3.08. The number of aromatic nitrogens is 2. The Hall–Kier alpha value is -3.54. The van der Waals surface area contributed by atoms with Gasteiger partial charge in [0.25, 0.3) is 11.5 Å². The van der Waals surface area contributed by atoms with Gasteiger partial charge in [-0.1, -0.05) is 19.1 Å². The number of hydrogen-bond donors (Lipinski definition) is 0. The number of nitrogens with zero attached hydrogens (tertiary/aromatic N) is 5. The number of ether oxygens (including phenoxy) is 1. The fraction of sp³-hybridized carbons (Fsp3) is 0.429. The van der Waals surface area contributed by atoms with Crippen molar-refractivity contribution in [2.45, 2.75) is 37.6 Å². The topological polar surface area (TPSA) is 90.9 Å². The summed E-state index contributed by atoms with van der Waals surface area (Å²) in [6, 6.07) is 17.2. The zero-order chi connectivity index (χ0) is 25.1. The molecule has 2 aliphatic heterocycles. The Labute approximate surface area is 210 Å². The minimum absolute atomic E-state index is 0.0273. The second kappa shape index (κ2) is 10.2. The molecule has 186 valence electrons. The molecule has 0 aliphatic carbocycles. The van der Waals surface area contributed by atoms with Crippen LogP contribution in [0.3, 0.4) is 0 Å². The molecule has 8 nitrogen and oxygen atoms in total. The maximum absolute atomic E-state index is 13.9. The molecule has 0 N–H and O–H groups in total. The molecule has 0 saturated carbocycles. The van der Waals surface area contributed by atoms with Crippen LogP contribution in [0.5, 0.6) is 0 Å². The quantitative estimate of drug-likeness (QED) is 0.552. The molecular weight excluding hydrogens is 454 g/mol. The highest BCUT2D eigenvalue weighted by atomic mass is 16.5. The van der Waals surface area contributed by atoms with E-state index in [4.69, 9.17) is 4.74 Å². The van der Waals surface area contributed by atoms with Gasteiger partial charge in [0.15, 0.2) is 0 Å². The van der Waals surface area contributed by atoms with Gasteiger partial charge in [-0.05, 0) is 55.7 Å². The molecule has 2 saturated heterocycles. The van der Waals surface area contributed by atoms with Gasteiger partial charge in [0, 0.05) is 49.6 Å². The molecule has 5 rings (SSSR count). The van der Waals surface area contributed by atoms with Crippen molar-refractivity contribution in [1.29, 1.82) is 5.26 Å². The van der Waals surface area contributed by atoms with E-state index in [2.05, 4.69) is 22.9 Å². The van der Waals surface area contributed by atoms with E-state index in [0.717, 1.165) is 17.6 Å². The largest absolute Gasteiger partial charge is 0.381 e. The van der Waals surface area contributed by atoms with E-state index >= 15 is 0 Å². The summed E-state index contributed by atoms with van der Waals surface area (Å²) in [5.74, 6) is -0.0960. The molecule has 5 heterocycles. The van der Waals surface area contributed by atoms with Gasteiger partial charge in [-0.15, -0.1) is 0 Å². The average Bonchev–Trinajstić information content (AvgIpc) is 2.93. The Balaban J connectivity index is 1.40. The van der Waals surface area contributed by atoms with E-state index in [0.29, 0.717) is 45.8 Å². The number of carbonyl (C=O) groups is 1. The van der Waals surface area contributed by atoms with Crippen LogP contribution in [-0.4, -0.2) is 64.1 Å². The first-order valence-corrected chi connectivity index (χ1v) is 12.6. The molecule has 3 aromatic rings. The zero-order valence-corrected chi connectivity index (χ0v) is 20.5. The monoisotopic (exact) mass is 485 g/mol. The van der Waals surface area contributed by atoms with Crippen LogP contribution in [0.25, 0.3) is 5.52 Å². The number of nitriles is 1. The fourth-order valence-electron chi connectivity index (χ4n) is 5.48. The lowest BCUT2D eigenvalue weighted by Gasteiger charge is -2.43. The summed E-state index contributed by atoms with van der Waals surface area (Å²) >= 11 is 0. The molecule has 2 aliphatic rings. The second-order valence-electron chi connectivity index (χ2n) is 9.90. The molecule has 0 radical (unpaired) electrons. The summed E-state index contributed by atoms with van der Waals surface area (Å²) < 4.78 is 7.17. The third-order valence-corrected chi connectivity index (χ3v) is 7.68. The van der Waals surface area contributed by atoms with Crippen LogP contribution in [-0.2, 0) is 10.2 Å². The van der Waals surface area contributed by atoms with Crippen molar-refractivity contribution in [3.05, 3.63) is 82.5 Å². The Morgan fingerprint density at radius 2 is 2.00 bits per heavy atom. The molecule has 36 heavy (non-hydrogen) atoms. The Morgan fingerprint density at radius 1 is 1.19 bits per heavy atom. The van der Waals surface area contributed by atoms with E-state index in [-0.39, 0.29) is 29.0 Å². The number of carbonyl (C=O) groups excluding carboxylic acids is 1. The summed E-state index contributed by atoms with van der Waals surface area (Å²) in [4.78, 5) is 35.7. The SMILES string of the molecule is C[C@H]1COCC[C@@H]1N(CN1CCC(C#N)(c2ccccn2)CC1)C(=O)c1ccc2ccccn2c1=O. The Bertz CT molecular complexity index is 1320. The lowest BCUT2D eigenvalue weighted by atomic mass is 9.76. The first kappa shape index (κ1) is 24.2. The third kappa shape index (κ3) is 4.52. The van der Waals surface area contributed by atoms with Gasteiger partial charge < -0.3 is 9.64 Å². The number of likely N-dealkylation sites (tertiary alicyclic amines) is 1. The van der Waals surface area contributed by atoms with Crippen LogP contribution in [0.2, 0.25) is 0 Å². The van der Waals surface area contributed by atoms with Gasteiger partial charge in [-0.2, -0.15) is 5.26 Å². The van der Waals surface area contributed by atoms with Gasteiger partial charge in [-0.3, -0.25) is 23.9 Å². The molecule has 0 bridgehead atoms. The number of fused-ring (bicyclic) bond motifs is 1. The van der Waals surface area contributed by atoms with E-state index < -0.39 is 5.41 Å². The van der Waals surface area contributed by atoms with Crippen LogP contribution in [0.1, 0.15) is 42.2 Å². The van der Waals surface area contributed by atoms with Gasteiger partial charge in [0.1, 0.15) is 11.0 Å². The summed E-state index contributed by atoms with van der Waals surface area (Å²) in [7, 11) is 0. The number of piperidine rings is 1. The van der Waals surface area contributed by atoms with Gasteiger partial charge in [0.2, 0.25) is 0 Å². The van der Waals surface area contributed by atoms with Gasteiger partial charge in [0.05, 0.1) is 25.0 Å². The molecule has 8 heteroatoms. The highest BCUT2D eigenvalue weighted by Crippen LogP contribution is 2.34. The number of amides is 1. The molecule has 3 aromatic heterocycles. The normalized spacial score (nSPS) is 22.1. The summed E-state index contributed by atoms with van der Waals surface area (Å²) in [6.07, 6.45) is 5.44. The highest BCUT2D eigenvalue weighted by molar-refractivity contribution is 5.94. The Kier molecular flexibility index (Phi) is 6.86. The lowest BCUT2D eigenvalue weighted by molar-refractivity contribution is -0.0203. The molecule has 0 spiro atoms. The molecule has 1 amide bonds. The first-order chi connectivity index (χ1) is 17.5. The molecule has 0 aromatic carbocycles. The standard InChI is InChI=1S/C28H31N5O3/c1-21-18-36-17-10-24(21)33(27(35)23-9-8-22-6-3-5-14-32(22)26(23)34)20-31-15-11-28(19-29,12-16-31)25-7-2-4-13-30-25/h2-9,13-14,21,24H,10-12,15-18,20H2,1H3/t21-,24-/m0/s1. The van der Waals surface area contributed by atoms with E-state index in [1.165, 1.54) is 4.40 Å². The smallest absolute Gasteiger partial charge is 0.267 e. The van der Waals surface area contributed by atoms with E-state index in [1.54, 1.807) is 24.5 Å². The minimum Gasteiger partial charge on any atom is -0.381 e. The van der Waals surface area contributed by atoms with Crippen molar-refractivity contribution in [3.63, 3.8) is 0 Å². The average molecular weight is 486 g/mol. The lowest BCUT2D eigenvalue weighted by Crippen LogP contribution is -2.55. The van der Waals surface area contributed by atoms with Gasteiger partial charge >= 0.3 is 0 Å². The van der Waals surface area contributed by atoms with Crippen LogP contribution in [0.4, 0.5) is 0 Å². The van der Waals surface area contributed by atoms with Crippen LogP contribution >= 0.6 is 0 Å². The molecule has 0 unspecified atom stereocenters. The summed E-state index contributed by atoms with van der Waals surface area (Å²) in [5.41, 5.74) is 0.815. The van der Waals surface area contributed by atoms with Crippen molar-refractivity contribution in [1.82, 2.24) is 19.2 Å². The molecule has 2 fully saturated rings. The highest BCUT2D eigenvalue weighted by Gasteiger charge is 2.40. The van der Waals surface area contributed by atoms with Gasteiger partial charge in [-0.25, -0.2) is 0 Å². The van der Waals surface area contributed by atoms with Crippen molar-refractivity contribution >= 4 is 11.4 Å². The van der Waals surface area contributed by atoms with Crippen molar-refractivity contribution in [2.24, 2.45) is 5.92 Å². The van der Waals surface area contributed by atoms with E-state index in [9.17, 15) is 14.9 Å². The number of hydrogen-bond acceptors (Lipinski definition) is 6. The van der Waals surface area contributed by atoms with E-state index in [1.807, 2.05) is 41.3 Å². The first-order valence-electron chi connectivity index (χ1n) is 12.6. The van der Waals surface area contributed by atoms with Crippen LogP contribution in [0.15, 0.2) is 65.7 Å². The van der Waals surface area contributed by atoms with Crippen molar-refractivity contribution in [3.8, 4) is 6.07 Å². The fourth-order valence-corrected chi connectivity index (χ4v) is 5.48. The Morgan fingerprint density at radius 3 is 2.72 bits per heavy atom. The number of pyridine rings is 3. The summed E-state index contributed by atoms with van der Waals surface area (Å²) in [5, 5.41) is 10.0. The zero-order valence-electron chi connectivity index (χ0n) is 20.5. The summed E-state index contributed by atoms with van der Waals surface area (Å²) in [6.45, 7) is 5.02. The third-order valence-electron chi connectivity index (χ3n) is 7.68. The van der Waals surface area contributed by atoms with Crippen LogP contribution in [0, 0.1) is 17.2 Å².